The Bertz CT molecular complexity index is 2560. The summed E-state index contributed by atoms with van der Waals surface area (Å²) in [7, 11) is 1.60. The van der Waals surface area contributed by atoms with E-state index in [-0.39, 0.29) is 46.2 Å². The Hall–Kier alpha value is -5.90. The van der Waals surface area contributed by atoms with Crippen molar-refractivity contribution in [2.75, 3.05) is 20.3 Å². The smallest absolute Gasteiger partial charge is 0.187 e. The predicted octanol–water partition coefficient (Wildman–Crippen LogP) is 10.8. The molecule has 4 unspecified atom stereocenters. The van der Waals surface area contributed by atoms with Gasteiger partial charge in [-0.25, -0.2) is 0 Å². The zero-order valence-corrected chi connectivity index (χ0v) is 41.3. The molecule has 10 atom stereocenters. The van der Waals surface area contributed by atoms with E-state index in [1.54, 1.807) is 7.11 Å². The lowest BCUT2D eigenvalue weighted by atomic mass is 9.96. The molecule has 2 fully saturated rings. The normalized spacial score (nSPS) is 24.0. The number of hydrogen-bond donors (Lipinski definition) is 0. The second-order valence-corrected chi connectivity index (χ2v) is 18.2. The van der Waals surface area contributed by atoms with Crippen LogP contribution >= 0.6 is 0 Å². The van der Waals surface area contributed by atoms with Gasteiger partial charge in [0.05, 0.1) is 59.5 Å². The summed E-state index contributed by atoms with van der Waals surface area (Å²) in [5.74, 6) is 0. The molecule has 0 spiro atoms. The van der Waals surface area contributed by atoms with Crippen LogP contribution in [-0.4, -0.2) is 81.7 Å². The summed E-state index contributed by atoms with van der Waals surface area (Å²) in [5, 5.41) is 0. The summed E-state index contributed by atoms with van der Waals surface area (Å²) in [4.78, 5) is 0. The lowest BCUT2D eigenvalue weighted by Gasteiger charge is -2.50. The molecule has 0 aromatic heterocycles. The summed E-state index contributed by atoms with van der Waals surface area (Å²) in [6, 6.07) is 70.4. The van der Waals surface area contributed by atoms with E-state index in [1.165, 1.54) is 0 Å². The van der Waals surface area contributed by atoms with E-state index in [1.807, 2.05) is 212 Å². The number of rotatable bonds is 26. The van der Waals surface area contributed by atoms with Gasteiger partial charge in [0.1, 0.15) is 48.8 Å². The molecule has 11 nitrogen and oxygen atoms in total. The van der Waals surface area contributed by atoms with Crippen LogP contribution in [0.3, 0.4) is 0 Å². The maximum Gasteiger partial charge on any atom is 0.187 e. The van der Waals surface area contributed by atoms with Crippen molar-refractivity contribution in [1.82, 2.24) is 0 Å². The maximum atomic E-state index is 7.40. The fourth-order valence-electron chi connectivity index (χ4n) is 9.15. The average molecular weight is 987 g/mol. The van der Waals surface area contributed by atoms with E-state index in [0.29, 0.717) is 13.2 Å². The van der Waals surface area contributed by atoms with Gasteiger partial charge in [0, 0.05) is 7.11 Å². The van der Waals surface area contributed by atoms with E-state index in [9.17, 15) is 0 Å². The molecule has 7 aromatic carbocycles. The predicted molar refractivity (Wildman–Crippen MR) is 276 cm³/mol. The zero-order chi connectivity index (χ0) is 49.7. The molecule has 73 heavy (non-hydrogen) atoms. The third-order valence-corrected chi connectivity index (χ3v) is 12.9. The van der Waals surface area contributed by atoms with Gasteiger partial charge in [-0.05, 0) is 38.9 Å². The van der Waals surface area contributed by atoms with Crippen molar-refractivity contribution in [3.8, 4) is 0 Å². The summed E-state index contributed by atoms with van der Waals surface area (Å²) in [5.41, 5.74) is 6.97. The third kappa shape index (κ3) is 15.3. The molecule has 0 amide bonds. The monoisotopic (exact) mass is 986 g/mol. The molecular formula is C62H66O11. The average Bonchev–Trinajstić information content (AvgIpc) is 3.45. The molecular weight excluding hydrogens is 921 g/mol. The van der Waals surface area contributed by atoms with Gasteiger partial charge in [0.2, 0.25) is 0 Å². The first-order chi connectivity index (χ1) is 36.2. The lowest BCUT2D eigenvalue weighted by Crippen LogP contribution is -2.66. The van der Waals surface area contributed by atoms with Crippen molar-refractivity contribution in [3.63, 3.8) is 0 Å². The minimum absolute atomic E-state index is 0.150. The van der Waals surface area contributed by atoms with Crippen LogP contribution in [0.25, 0.3) is 0 Å². The van der Waals surface area contributed by atoms with Crippen LogP contribution in [0.2, 0.25) is 0 Å². The number of hydrogen-bond acceptors (Lipinski definition) is 11. The fraction of sp³-hybridized carbons (Fsp3) is 0.323. The third-order valence-electron chi connectivity index (χ3n) is 12.9. The Morgan fingerprint density at radius 3 is 0.863 bits per heavy atom. The second kappa shape index (κ2) is 28.0. The van der Waals surface area contributed by atoms with Crippen molar-refractivity contribution < 1.29 is 52.1 Å². The Labute approximate surface area is 429 Å². The highest BCUT2D eigenvalue weighted by Gasteiger charge is 2.54. The number of benzene rings is 7. The molecule has 2 heterocycles. The minimum Gasteiger partial charge on any atom is -0.374 e. The van der Waals surface area contributed by atoms with Crippen molar-refractivity contribution in [2.24, 2.45) is 0 Å². The van der Waals surface area contributed by atoms with Gasteiger partial charge in [-0.15, -0.1) is 0 Å². The summed E-state index contributed by atoms with van der Waals surface area (Å²) >= 11 is 0. The Kier molecular flexibility index (Phi) is 19.9. The zero-order valence-electron chi connectivity index (χ0n) is 41.3. The van der Waals surface area contributed by atoms with Crippen molar-refractivity contribution in [1.29, 1.82) is 0 Å². The van der Waals surface area contributed by atoms with Gasteiger partial charge in [0.25, 0.3) is 0 Å². The molecule has 9 rings (SSSR count). The number of methoxy groups -OCH3 is 1. The van der Waals surface area contributed by atoms with Crippen LogP contribution < -0.4 is 0 Å². The summed E-state index contributed by atoms with van der Waals surface area (Å²) in [6.07, 6.45) is -8.11. The molecule has 2 aliphatic heterocycles. The van der Waals surface area contributed by atoms with Crippen LogP contribution in [0, 0.1) is 0 Å². The van der Waals surface area contributed by atoms with E-state index in [2.05, 4.69) is 0 Å². The number of ether oxygens (including phenoxy) is 11. The van der Waals surface area contributed by atoms with Crippen LogP contribution in [0.5, 0.6) is 0 Å². The van der Waals surface area contributed by atoms with E-state index < -0.39 is 61.4 Å². The van der Waals surface area contributed by atoms with Crippen molar-refractivity contribution in [2.45, 2.75) is 108 Å². The van der Waals surface area contributed by atoms with Gasteiger partial charge in [-0.1, -0.05) is 212 Å². The van der Waals surface area contributed by atoms with Gasteiger partial charge < -0.3 is 52.1 Å². The topological polar surface area (TPSA) is 102 Å². The molecule has 11 heteroatoms. The molecule has 0 saturated carbocycles. The quantitative estimate of drug-likeness (QED) is 0.0518. The SMILES string of the molecule is CO[C@@H]1OC(COCc2ccccc2)[C@H](OCc2ccccc2)[C@H](OCc2ccccc2)C1O[C@@H]1OC(COCc2ccccc2)[C@H](OCc2ccccc2)[C@H](OCc2ccccc2)C1OCc1ccccc1. The maximum absolute atomic E-state index is 7.40. The van der Waals surface area contributed by atoms with E-state index >= 15 is 0 Å². The molecule has 0 aliphatic carbocycles. The van der Waals surface area contributed by atoms with Crippen LogP contribution in [0.15, 0.2) is 212 Å². The molecule has 7 aromatic rings. The molecule has 2 aliphatic rings. The highest BCUT2D eigenvalue weighted by molar-refractivity contribution is 5.19. The van der Waals surface area contributed by atoms with Crippen LogP contribution in [-0.2, 0) is 98.4 Å². The Morgan fingerprint density at radius 1 is 0.288 bits per heavy atom. The molecule has 380 valence electrons. The summed E-state index contributed by atoms with van der Waals surface area (Å²) in [6.45, 7) is 2.38. The van der Waals surface area contributed by atoms with Crippen molar-refractivity contribution >= 4 is 0 Å². The van der Waals surface area contributed by atoms with Crippen LogP contribution in [0.4, 0.5) is 0 Å². The first kappa shape index (κ1) is 52.0. The van der Waals surface area contributed by atoms with E-state index in [4.69, 9.17) is 52.1 Å². The molecule has 0 radical (unpaired) electrons. The van der Waals surface area contributed by atoms with Gasteiger partial charge in [-0.2, -0.15) is 0 Å². The Balaban J connectivity index is 1.09. The molecule has 0 bridgehead atoms. The first-order valence-electron chi connectivity index (χ1n) is 25.2. The lowest BCUT2D eigenvalue weighted by molar-refractivity contribution is -0.381. The van der Waals surface area contributed by atoms with Crippen molar-refractivity contribution in [3.05, 3.63) is 251 Å². The summed E-state index contributed by atoms with van der Waals surface area (Å²) < 4.78 is 75.8. The fourth-order valence-corrected chi connectivity index (χ4v) is 9.15. The van der Waals surface area contributed by atoms with Gasteiger partial charge in [-0.3, -0.25) is 0 Å². The van der Waals surface area contributed by atoms with Crippen LogP contribution in [0.1, 0.15) is 38.9 Å². The van der Waals surface area contributed by atoms with Gasteiger partial charge >= 0.3 is 0 Å². The molecule has 2 saturated heterocycles. The first-order valence-corrected chi connectivity index (χ1v) is 25.2. The Morgan fingerprint density at radius 2 is 0.548 bits per heavy atom. The largest absolute Gasteiger partial charge is 0.374 e. The second-order valence-electron chi connectivity index (χ2n) is 18.2. The highest BCUT2D eigenvalue weighted by Crippen LogP contribution is 2.37. The highest BCUT2D eigenvalue weighted by atomic mass is 16.8. The standard InChI is InChI=1S/C62H66O11/c1-63-61-60(58(69-42-51-33-19-7-20-34-51)56(67-40-49-29-15-5-16-30-49)53(71-61)44-64-37-46-23-9-2-10-24-46)73-62-59(70-43-52-35-21-8-22-36-52)57(68-41-50-31-17-6-18-32-50)55(66-39-48-27-13-4-14-28-48)54(72-62)45-65-38-47-25-11-3-12-26-47/h2-36,53-62H,37-45H2,1H3/t53?,54?,55-,56-,57-,58-,59?,60?,61+,62-/m0/s1. The minimum atomic E-state index is -1.10. The van der Waals surface area contributed by atoms with E-state index in [0.717, 1.165) is 38.9 Å². The molecule has 0 N–H and O–H groups in total. The van der Waals surface area contributed by atoms with Gasteiger partial charge in [0.15, 0.2) is 12.6 Å².